The number of benzene rings is 2. The van der Waals surface area contributed by atoms with Crippen molar-refractivity contribution >= 4 is 45.8 Å². The monoisotopic (exact) mass is 721 g/mol. The highest BCUT2D eigenvalue weighted by Gasteiger charge is 2.37. The molecule has 2 aromatic heterocycles. The Labute approximate surface area is 299 Å². The van der Waals surface area contributed by atoms with Crippen LogP contribution >= 0.6 is 0 Å². The lowest BCUT2D eigenvalue weighted by Crippen LogP contribution is -2.49. The Morgan fingerprint density at radius 2 is 1.67 bits per heavy atom. The number of anilines is 5. The van der Waals surface area contributed by atoms with E-state index in [2.05, 4.69) is 40.7 Å². The Morgan fingerprint density at radius 1 is 0.942 bits per heavy atom. The number of carbonyl (C=O) groups is 1. The maximum atomic E-state index is 15.2. The molecule has 3 saturated heterocycles. The molecule has 0 bridgehead atoms. The van der Waals surface area contributed by atoms with Gasteiger partial charge in [-0.15, -0.1) is 0 Å². The number of fused-ring (bicyclic) bond motifs is 1. The molecule has 0 aliphatic carbocycles. The number of hydrogen-bond donors (Lipinski definition) is 3. The Balaban J connectivity index is 1.08. The van der Waals surface area contributed by atoms with E-state index in [4.69, 9.17) is 4.98 Å². The number of carbonyl (C=O) groups excluding carboxylic acids is 1. The number of halogens is 4. The third-order valence-corrected chi connectivity index (χ3v) is 10.2. The number of rotatable bonds is 8. The smallest absolute Gasteiger partial charge is 0.367 e. The van der Waals surface area contributed by atoms with Gasteiger partial charge in [0.15, 0.2) is 11.6 Å². The van der Waals surface area contributed by atoms with Crippen LogP contribution in [0.25, 0.3) is 11.0 Å². The lowest BCUT2D eigenvalue weighted by atomic mass is 9.97. The van der Waals surface area contributed by atoms with Gasteiger partial charge in [-0.05, 0) is 75.6 Å². The van der Waals surface area contributed by atoms with Gasteiger partial charge in [0, 0.05) is 75.8 Å². The summed E-state index contributed by atoms with van der Waals surface area (Å²) in [5, 5.41) is 9.29. The van der Waals surface area contributed by atoms with Crippen molar-refractivity contribution in [2.75, 3.05) is 99.5 Å². The number of likely N-dealkylation sites (N-methyl/N-ethyl adjacent to an activating group) is 1. The first kappa shape index (κ1) is 35.7. The number of amides is 1. The summed E-state index contributed by atoms with van der Waals surface area (Å²) in [6, 6.07) is 6.80. The van der Waals surface area contributed by atoms with Crippen molar-refractivity contribution in [3.05, 3.63) is 65.4 Å². The number of nitrogens with zero attached hydrogens (tertiary/aromatic N) is 8. The van der Waals surface area contributed by atoms with Crippen LogP contribution in [0.2, 0.25) is 0 Å². The van der Waals surface area contributed by atoms with Crippen molar-refractivity contribution in [1.82, 2.24) is 35.1 Å². The van der Waals surface area contributed by atoms with Crippen molar-refractivity contribution < 1.29 is 22.4 Å². The van der Waals surface area contributed by atoms with Gasteiger partial charge in [0.2, 0.25) is 5.95 Å². The second kappa shape index (κ2) is 15.1. The molecule has 52 heavy (non-hydrogen) atoms. The quantitative estimate of drug-likeness (QED) is 0.219. The van der Waals surface area contributed by atoms with Gasteiger partial charge < -0.3 is 30.7 Å². The molecule has 5 heterocycles. The molecule has 276 valence electrons. The fourth-order valence-electron chi connectivity index (χ4n) is 7.04. The van der Waals surface area contributed by atoms with Gasteiger partial charge in [-0.1, -0.05) is 6.07 Å². The summed E-state index contributed by atoms with van der Waals surface area (Å²) < 4.78 is 57.0. The van der Waals surface area contributed by atoms with Gasteiger partial charge in [0.25, 0.3) is 5.91 Å². The van der Waals surface area contributed by atoms with E-state index >= 15 is 4.39 Å². The molecule has 3 aliphatic rings. The van der Waals surface area contributed by atoms with Gasteiger partial charge in [-0.2, -0.15) is 13.2 Å². The topological polar surface area (TPSA) is 118 Å². The van der Waals surface area contributed by atoms with E-state index in [0.29, 0.717) is 60.7 Å². The molecule has 2 aromatic carbocycles. The Morgan fingerprint density at radius 3 is 2.40 bits per heavy atom. The minimum absolute atomic E-state index is 0.152. The summed E-state index contributed by atoms with van der Waals surface area (Å²) in [5.41, 5.74) is 0.811. The van der Waals surface area contributed by atoms with E-state index in [1.807, 2.05) is 18.9 Å². The average molecular weight is 722 g/mol. The summed E-state index contributed by atoms with van der Waals surface area (Å²) in [6.45, 7) is 10.5. The van der Waals surface area contributed by atoms with Crippen molar-refractivity contribution in [2.45, 2.75) is 25.9 Å². The highest BCUT2D eigenvalue weighted by Crippen LogP contribution is 2.38. The normalized spacial score (nSPS) is 18.2. The fraction of sp³-hybridized carbons (Fsp3) is 0.472. The number of nitrogens with one attached hydrogen (secondary N) is 3. The zero-order valence-corrected chi connectivity index (χ0v) is 29.3. The maximum Gasteiger partial charge on any atom is 0.419 e. The molecule has 0 unspecified atom stereocenters. The van der Waals surface area contributed by atoms with Gasteiger partial charge in [-0.3, -0.25) is 9.69 Å². The molecule has 0 radical (unpaired) electrons. The highest BCUT2D eigenvalue weighted by atomic mass is 19.4. The molecule has 0 atom stereocenters. The summed E-state index contributed by atoms with van der Waals surface area (Å²) in [7, 11) is 1.90. The van der Waals surface area contributed by atoms with Crippen LogP contribution in [-0.4, -0.2) is 115 Å². The molecule has 3 fully saturated rings. The van der Waals surface area contributed by atoms with Crippen LogP contribution in [0.5, 0.6) is 0 Å². The van der Waals surface area contributed by atoms with Crippen LogP contribution in [0.1, 0.15) is 34.3 Å². The minimum Gasteiger partial charge on any atom is -0.367 e. The summed E-state index contributed by atoms with van der Waals surface area (Å²) in [6.07, 6.45) is 0.566. The van der Waals surface area contributed by atoms with E-state index in [9.17, 15) is 18.0 Å². The summed E-state index contributed by atoms with van der Waals surface area (Å²) in [5.74, 6) is -0.262. The predicted molar refractivity (Wildman–Crippen MR) is 193 cm³/mol. The van der Waals surface area contributed by atoms with E-state index in [-0.39, 0.29) is 16.9 Å². The number of piperazine rings is 2. The zero-order chi connectivity index (χ0) is 36.4. The van der Waals surface area contributed by atoms with Gasteiger partial charge in [0.05, 0.1) is 17.4 Å². The Kier molecular flexibility index (Phi) is 10.4. The second-order valence-corrected chi connectivity index (χ2v) is 13.9. The SMILES string of the molecule is Cc1ccc(C(=O)Nc2cc(N3CCN(C)CC3)c(F)c(C(F)(F)F)c2)cc1Nc1ncnc2cnc(N3CCN(CC4CCNCC4)CC3)nc12. The fourth-order valence-corrected chi connectivity index (χ4v) is 7.04. The van der Waals surface area contributed by atoms with Crippen LogP contribution in [0.4, 0.5) is 46.4 Å². The first-order valence-electron chi connectivity index (χ1n) is 17.7. The first-order valence-corrected chi connectivity index (χ1v) is 17.7. The lowest BCUT2D eigenvalue weighted by molar-refractivity contribution is -0.139. The molecule has 0 saturated carbocycles. The minimum atomic E-state index is -4.95. The number of piperidine rings is 1. The molecule has 3 aliphatic heterocycles. The Bertz CT molecular complexity index is 1900. The molecular formula is C36H43F4N11O. The predicted octanol–water partition coefficient (Wildman–Crippen LogP) is 4.76. The van der Waals surface area contributed by atoms with Crippen LogP contribution in [-0.2, 0) is 6.18 Å². The molecule has 4 aromatic rings. The van der Waals surface area contributed by atoms with Gasteiger partial charge in [0.1, 0.15) is 17.4 Å². The van der Waals surface area contributed by atoms with E-state index in [1.165, 1.54) is 25.2 Å². The van der Waals surface area contributed by atoms with Crippen LogP contribution in [0, 0.1) is 18.7 Å². The van der Waals surface area contributed by atoms with E-state index < -0.39 is 23.5 Å². The van der Waals surface area contributed by atoms with E-state index in [1.54, 1.807) is 29.3 Å². The van der Waals surface area contributed by atoms with E-state index in [0.717, 1.165) is 57.3 Å². The molecule has 16 heteroatoms. The number of aromatic nitrogens is 4. The zero-order valence-electron chi connectivity index (χ0n) is 29.3. The number of hydrogen-bond acceptors (Lipinski definition) is 11. The van der Waals surface area contributed by atoms with Crippen LogP contribution in [0.3, 0.4) is 0 Å². The van der Waals surface area contributed by atoms with Gasteiger partial charge in [-0.25, -0.2) is 24.3 Å². The Hall–Kier alpha value is -4.67. The third kappa shape index (κ3) is 8.03. The van der Waals surface area contributed by atoms with Crippen molar-refractivity contribution in [3.8, 4) is 0 Å². The highest BCUT2D eigenvalue weighted by molar-refractivity contribution is 6.05. The molecule has 7 rings (SSSR count). The summed E-state index contributed by atoms with van der Waals surface area (Å²) >= 11 is 0. The van der Waals surface area contributed by atoms with Gasteiger partial charge >= 0.3 is 6.18 Å². The average Bonchev–Trinajstić information content (AvgIpc) is 3.14. The standard InChI is InChI=1S/C36H43F4N11O/c1-23-3-4-25(34(52)45-26-18-27(36(38,39)40)31(37)30(19-26)50-13-9-48(2)10-14-50)17-28(23)46-33-32-29(43-22-44-33)20-42-35(47-32)51-15-11-49(12-16-51)21-24-5-7-41-8-6-24/h3-4,17-20,22,24,41H,5-16,21H2,1-2H3,(H,45,52)(H,43,44,46). The molecule has 3 N–H and O–H groups in total. The van der Waals surface area contributed by atoms with Crippen LogP contribution < -0.4 is 25.8 Å². The molecular weight excluding hydrogens is 678 g/mol. The molecule has 12 nitrogen and oxygen atoms in total. The van der Waals surface area contributed by atoms with Crippen molar-refractivity contribution in [3.63, 3.8) is 0 Å². The van der Waals surface area contributed by atoms with Crippen molar-refractivity contribution in [2.24, 2.45) is 5.92 Å². The lowest BCUT2D eigenvalue weighted by Gasteiger charge is -2.37. The number of alkyl halides is 3. The first-order chi connectivity index (χ1) is 25.0. The largest absolute Gasteiger partial charge is 0.419 e. The summed E-state index contributed by atoms with van der Waals surface area (Å²) in [4.78, 5) is 40.0. The second-order valence-electron chi connectivity index (χ2n) is 13.9. The molecule has 0 spiro atoms. The third-order valence-electron chi connectivity index (χ3n) is 10.2. The maximum absolute atomic E-state index is 15.2. The van der Waals surface area contributed by atoms with Crippen LogP contribution in [0.15, 0.2) is 42.9 Å². The molecule has 1 amide bonds. The van der Waals surface area contributed by atoms with Crippen molar-refractivity contribution in [1.29, 1.82) is 0 Å². The number of aryl methyl sites for hydroxylation is 1.